The fourth-order valence-electron chi connectivity index (χ4n) is 2.25. The van der Waals surface area contributed by atoms with E-state index in [1.54, 1.807) is 25.2 Å². The fraction of sp³-hybridized carbons (Fsp3) is 0.600. The Hall–Kier alpha value is -1.07. The number of rotatable bonds is 7. The summed E-state index contributed by atoms with van der Waals surface area (Å²) >= 11 is 0. The highest BCUT2D eigenvalue weighted by Gasteiger charge is 2.27. The molecule has 0 fully saturated rings. The predicted molar refractivity (Wildman–Crippen MR) is 84.5 cm³/mol. The van der Waals surface area contributed by atoms with Crippen LogP contribution in [0.15, 0.2) is 29.2 Å². The van der Waals surface area contributed by atoms with Gasteiger partial charge in [0.25, 0.3) is 0 Å². The SMILES string of the molecule is CCNc1ccccc1S(=O)(=O)N(C)C(C)CC(C)C. The van der Waals surface area contributed by atoms with Gasteiger partial charge in [0.05, 0.1) is 5.69 Å². The van der Waals surface area contributed by atoms with Crippen molar-refractivity contribution < 1.29 is 8.42 Å². The monoisotopic (exact) mass is 298 g/mol. The highest BCUT2D eigenvalue weighted by atomic mass is 32.2. The fourth-order valence-corrected chi connectivity index (χ4v) is 3.79. The minimum absolute atomic E-state index is 0.0188. The summed E-state index contributed by atoms with van der Waals surface area (Å²) in [4.78, 5) is 0.347. The number of anilines is 1. The van der Waals surface area contributed by atoms with Gasteiger partial charge in [0, 0.05) is 19.6 Å². The molecule has 1 aromatic carbocycles. The summed E-state index contributed by atoms with van der Waals surface area (Å²) < 4.78 is 26.9. The summed E-state index contributed by atoms with van der Waals surface area (Å²) in [5.74, 6) is 0.465. The van der Waals surface area contributed by atoms with Crippen molar-refractivity contribution in [2.45, 2.75) is 45.1 Å². The minimum Gasteiger partial charge on any atom is -0.384 e. The lowest BCUT2D eigenvalue weighted by atomic mass is 10.1. The van der Waals surface area contributed by atoms with Crippen LogP contribution in [-0.2, 0) is 10.0 Å². The molecule has 0 spiro atoms. The Bertz CT molecular complexity index is 526. The van der Waals surface area contributed by atoms with E-state index < -0.39 is 10.0 Å². The molecule has 0 aliphatic rings. The Labute approximate surface area is 123 Å². The molecule has 1 unspecified atom stereocenters. The number of sulfonamides is 1. The number of nitrogens with one attached hydrogen (secondary N) is 1. The molecular weight excluding hydrogens is 272 g/mol. The highest BCUT2D eigenvalue weighted by Crippen LogP contribution is 2.26. The lowest BCUT2D eigenvalue weighted by Crippen LogP contribution is -2.36. The Kier molecular flexibility index (Phi) is 6.02. The summed E-state index contributed by atoms with van der Waals surface area (Å²) in [6.45, 7) is 8.80. The standard InChI is InChI=1S/C15H26N2O2S/c1-6-16-14-9-7-8-10-15(14)20(18,19)17(5)13(4)11-12(2)3/h7-10,12-13,16H,6,11H2,1-5H3. The summed E-state index contributed by atoms with van der Waals surface area (Å²) in [5.41, 5.74) is 0.665. The first kappa shape index (κ1) is 17.0. The molecule has 114 valence electrons. The maximum Gasteiger partial charge on any atom is 0.245 e. The second kappa shape index (κ2) is 7.09. The van der Waals surface area contributed by atoms with E-state index in [1.807, 2.05) is 19.9 Å². The Morgan fingerprint density at radius 2 is 1.80 bits per heavy atom. The van der Waals surface area contributed by atoms with Gasteiger partial charge < -0.3 is 5.32 Å². The van der Waals surface area contributed by atoms with Crippen LogP contribution in [0.25, 0.3) is 0 Å². The summed E-state index contributed by atoms with van der Waals surface area (Å²) in [5, 5.41) is 3.11. The van der Waals surface area contributed by atoms with E-state index in [1.165, 1.54) is 4.31 Å². The van der Waals surface area contributed by atoms with Crippen LogP contribution in [0.4, 0.5) is 5.69 Å². The molecule has 5 heteroatoms. The molecule has 0 saturated carbocycles. The average molecular weight is 298 g/mol. The van der Waals surface area contributed by atoms with Gasteiger partial charge in [-0.1, -0.05) is 26.0 Å². The van der Waals surface area contributed by atoms with Gasteiger partial charge in [-0.3, -0.25) is 0 Å². The van der Waals surface area contributed by atoms with Crippen molar-refractivity contribution >= 4 is 15.7 Å². The number of hydrogen-bond donors (Lipinski definition) is 1. The van der Waals surface area contributed by atoms with Gasteiger partial charge in [-0.25, -0.2) is 8.42 Å². The van der Waals surface area contributed by atoms with Crippen LogP contribution in [-0.4, -0.2) is 32.4 Å². The zero-order valence-corrected chi connectivity index (χ0v) is 13.9. The summed E-state index contributed by atoms with van der Waals surface area (Å²) in [6, 6.07) is 7.04. The molecule has 0 bridgehead atoms. The van der Waals surface area contributed by atoms with Crippen molar-refractivity contribution in [2.24, 2.45) is 5.92 Å². The molecule has 0 radical (unpaired) electrons. The Morgan fingerprint density at radius 3 is 2.35 bits per heavy atom. The molecule has 4 nitrogen and oxygen atoms in total. The maximum atomic E-state index is 12.7. The first-order valence-corrected chi connectivity index (χ1v) is 8.55. The zero-order valence-electron chi connectivity index (χ0n) is 13.1. The zero-order chi connectivity index (χ0) is 15.3. The van der Waals surface area contributed by atoms with E-state index >= 15 is 0 Å². The lowest BCUT2D eigenvalue weighted by molar-refractivity contribution is 0.338. The molecule has 0 amide bonds. The molecule has 0 aliphatic heterocycles. The molecule has 1 atom stereocenters. The first-order chi connectivity index (χ1) is 9.30. The van der Waals surface area contributed by atoms with Crippen LogP contribution in [0.5, 0.6) is 0 Å². The molecule has 20 heavy (non-hydrogen) atoms. The van der Waals surface area contributed by atoms with Crippen molar-refractivity contribution in [1.29, 1.82) is 0 Å². The second-order valence-electron chi connectivity index (χ2n) is 5.53. The van der Waals surface area contributed by atoms with E-state index in [0.717, 1.165) is 6.42 Å². The number of benzene rings is 1. The number of nitrogens with zero attached hydrogens (tertiary/aromatic N) is 1. The van der Waals surface area contributed by atoms with Crippen molar-refractivity contribution in [3.63, 3.8) is 0 Å². The van der Waals surface area contributed by atoms with Gasteiger partial charge in [0.2, 0.25) is 10.0 Å². The molecule has 1 N–H and O–H groups in total. The van der Waals surface area contributed by atoms with Crippen LogP contribution < -0.4 is 5.32 Å². The average Bonchev–Trinajstić information content (AvgIpc) is 2.37. The van der Waals surface area contributed by atoms with Crippen LogP contribution in [0.3, 0.4) is 0 Å². The largest absolute Gasteiger partial charge is 0.384 e. The van der Waals surface area contributed by atoms with E-state index in [0.29, 0.717) is 23.0 Å². The van der Waals surface area contributed by atoms with E-state index in [9.17, 15) is 8.42 Å². The molecule has 1 aromatic rings. The van der Waals surface area contributed by atoms with Gasteiger partial charge in [-0.05, 0) is 38.3 Å². The normalized spacial score (nSPS) is 13.8. The number of hydrogen-bond acceptors (Lipinski definition) is 3. The van der Waals surface area contributed by atoms with Crippen LogP contribution >= 0.6 is 0 Å². The molecule has 1 rings (SSSR count). The van der Waals surface area contributed by atoms with Gasteiger partial charge in [0.15, 0.2) is 0 Å². The van der Waals surface area contributed by atoms with Crippen molar-refractivity contribution in [2.75, 3.05) is 18.9 Å². The van der Waals surface area contributed by atoms with Crippen LogP contribution in [0, 0.1) is 5.92 Å². The summed E-state index contributed by atoms with van der Waals surface area (Å²) in [7, 11) is -1.81. The first-order valence-electron chi connectivity index (χ1n) is 7.11. The topological polar surface area (TPSA) is 49.4 Å². The second-order valence-corrected chi connectivity index (χ2v) is 7.49. The van der Waals surface area contributed by atoms with Crippen molar-refractivity contribution in [1.82, 2.24) is 4.31 Å². The minimum atomic E-state index is -3.47. The third-order valence-corrected chi connectivity index (χ3v) is 5.37. The maximum absolute atomic E-state index is 12.7. The van der Waals surface area contributed by atoms with E-state index in [-0.39, 0.29) is 6.04 Å². The highest BCUT2D eigenvalue weighted by molar-refractivity contribution is 7.89. The predicted octanol–water partition coefficient (Wildman–Crippen LogP) is 3.17. The van der Waals surface area contributed by atoms with Gasteiger partial charge in [-0.2, -0.15) is 4.31 Å². The Morgan fingerprint density at radius 1 is 1.20 bits per heavy atom. The number of para-hydroxylation sites is 1. The van der Waals surface area contributed by atoms with E-state index in [4.69, 9.17) is 0 Å². The van der Waals surface area contributed by atoms with Gasteiger partial charge >= 0.3 is 0 Å². The molecular formula is C15H26N2O2S. The third-order valence-electron chi connectivity index (χ3n) is 3.34. The molecule has 0 aliphatic carbocycles. The van der Waals surface area contributed by atoms with Crippen molar-refractivity contribution in [3.8, 4) is 0 Å². The van der Waals surface area contributed by atoms with Gasteiger partial charge in [-0.15, -0.1) is 0 Å². The van der Waals surface area contributed by atoms with Crippen LogP contribution in [0.1, 0.15) is 34.1 Å². The lowest BCUT2D eigenvalue weighted by Gasteiger charge is -2.26. The quantitative estimate of drug-likeness (QED) is 0.841. The van der Waals surface area contributed by atoms with E-state index in [2.05, 4.69) is 19.2 Å². The van der Waals surface area contributed by atoms with Crippen molar-refractivity contribution in [3.05, 3.63) is 24.3 Å². The third kappa shape index (κ3) is 3.96. The Balaban J connectivity index is 3.10. The van der Waals surface area contributed by atoms with Crippen LogP contribution in [0.2, 0.25) is 0 Å². The summed E-state index contributed by atoms with van der Waals surface area (Å²) in [6.07, 6.45) is 0.846. The van der Waals surface area contributed by atoms with Gasteiger partial charge in [0.1, 0.15) is 4.90 Å². The molecule has 0 heterocycles. The molecule has 0 saturated heterocycles. The molecule has 0 aromatic heterocycles. The smallest absolute Gasteiger partial charge is 0.245 e.